The summed E-state index contributed by atoms with van der Waals surface area (Å²) in [5, 5.41) is 6.70. The molecule has 128 valence electrons. The Hall–Kier alpha value is -3.08. The van der Waals surface area contributed by atoms with Crippen LogP contribution in [0.1, 0.15) is 32.9 Å². The maximum absolute atomic E-state index is 12.5. The Morgan fingerprint density at radius 2 is 1.76 bits per heavy atom. The van der Waals surface area contributed by atoms with E-state index in [9.17, 15) is 4.79 Å². The van der Waals surface area contributed by atoms with Crippen molar-refractivity contribution in [2.45, 2.75) is 27.4 Å². The van der Waals surface area contributed by atoms with Gasteiger partial charge in [-0.3, -0.25) is 4.79 Å². The lowest BCUT2D eigenvalue weighted by Gasteiger charge is -2.09. The molecule has 0 bridgehead atoms. The van der Waals surface area contributed by atoms with Gasteiger partial charge >= 0.3 is 0 Å². The third kappa shape index (κ3) is 4.07. The van der Waals surface area contributed by atoms with Crippen LogP contribution in [0.2, 0.25) is 0 Å². The smallest absolute Gasteiger partial charge is 0.278 e. The average molecular weight is 336 g/mol. The number of para-hydroxylation sites is 1. The Balaban J connectivity index is 1.76. The van der Waals surface area contributed by atoms with Crippen molar-refractivity contribution in [2.75, 3.05) is 5.32 Å². The lowest BCUT2D eigenvalue weighted by Crippen LogP contribution is -2.15. The molecule has 1 heterocycles. The first kappa shape index (κ1) is 16.8. The molecule has 0 aliphatic carbocycles. The molecule has 0 saturated carbocycles. The zero-order chi connectivity index (χ0) is 17.8. The average Bonchev–Trinajstić information content (AvgIpc) is 2.94. The van der Waals surface area contributed by atoms with Crippen LogP contribution in [0.3, 0.4) is 0 Å². The number of ether oxygens (including phenoxy) is 1. The van der Waals surface area contributed by atoms with Crippen molar-refractivity contribution in [1.29, 1.82) is 0 Å². The summed E-state index contributed by atoms with van der Waals surface area (Å²) in [4.78, 5) is 12.5. The lowest BCUT2D eigenvalue weighted by atomic mass is 10.1. The second kappa shape index (κ2) is 7.21. The minimum absolute atomic E-state index is 0.218. The summed E-state index contributed by atoms with van der Waals surface area (Å²) in [5.41, 5.74) is 3.84. The minimum atomic E-state index is -0.318. The standard InChI is InChI=1S/C20H20N2O3/c1-13-9-14(2)11-17(10-13)24-12-18-15(3)25-22-19(18)20(23)21-16-7-5-4-6-8-16/h4-11H,12H2,1-3H3,(H,21,23). The number of hydrogen-bond donors (Lipinski definition) is 1. The van der Waals surface area contributed by atoms with Gasteiger partial charge in [0.15, 0.2) is 5.69 Å². The number of carbonyl (C=O) groups excluding carboxylic acids is 1. The molecule has 2 aromatic carbocycles. The SMILES string of the molecule is Cc1cc(C)cc(OCc2c(C(=O)Nc3ccccc3)noc2C)c1. The van der Waals surface area contributed by atoms with E-state index < -0.39 is 0 Å². The van der Waals surface area contributed by atoms with Gasteiger partial charge in [0, 0.05) is 5.69 Å². The highest BCUT2D eigenvalue weighted by Gasteiger charge is 2.20. The number of nitrogens with one attached hydrogen (secondary N) is 1. The first-order valence-electron chi connectivity index (χ1n) is 8.05. The molecule has 3 aromatic rings. The molecule has 0 unspecified atom stereocenters. The van der Waals surface area contributed by atoms with Crippen LogP contribution in [0.15, 0.2) is 53.1 Å². The van der Waals surface area contributed by atoms with Crippen LogP contribution in [-0.2, 0) is 6.61 Å². The number of anilines is 1. The first-order chi connectivity index (χ1) is 12.0. The number of benzene rings is 2. The Kier molecular flexibility index (Phi) is 4.84. The van der Waals surface area contributed by atoms with Crippen LogP contribution in [0.5, 0.6) is 5.75 Å². The Morgan fingerprint density at radius 3 is 2.44 bits per heavy atom. The molecule has 5 nitrogen and oxygen atoms in total. The number of aromatic nitrogens is 1. The molecule has 1 aromatic heterocycles. The molecule has 0 saturated heterocycles. The number of hydrogen-bond acceptors (Lipinski definition) is 4. The number of aryl methyl sites for hydroxylation is 3. The number of carbonyl (C=O) groups is 1. The highest BCUT2D eigenvalue weighted by molar-refractivity contribution is 6.03. The van der Waals surface area contributed by atoms with E-state index >= 15 is 0 Å². The summed E-state index contributed by atoms with van der Waals surface area (Å²) >= 11 is 0. The van der Waals surface area contributed by atoms with E-state index in [1.54, 1.807) is 6.92 Å². The fourth-order valence-electron chi connectivity index (χ4n) is 2.62. The summed E-state index contributed by atoms with van der Waals surface area (Å²) in [5.74, 6) is 1.01. The van der Waals surface area contributed by atoms with Gasteiger partial charge in [-0.25, -0.2) is 0 Å². The van der Waals surface area contributed by atoms with Crippen molar-refractivity contribution in [2.24, 2.45) is 0 Å². The van der Waals surface area contributed by atoms with Gasteiger partial charge in [-0.2, -0.15) is 0 Å². The molecular weight excluding hydrogens is 316 g/mol. The van der Waals surface area contributed by atoms with Gasteiger partial charge in [0.25, 0.3) is 5.91 Å². The van der Waals surface area contributed by atoms with Gasteiger partial charge in [0.2, 0.25) is 0 Å². The zero-order valence-corrected chi connectivity index (χ0v) is 14.5. The Labute approximate surface area is 146 Å². The van der Waals surface area contributed by atoms with Gasteiger partial charge < -0.3 is 14.6 Å². The molecule has 0 aliphatic heterocycles. The third-order valence-electron chi connectivity index (χ3n) is 3.81. The zero-order valence-electron chi connectivity index (χ0n) is 14.5. The van der Waals surface area contributed by atoms with E-state index in [1.165, 1.54) is 0 Å². The summed E-state index contributed by atoms with van der Waals surface area (Å²) in [6.07, 6.45) is 0. The molecule has 3 rings (SSSR count). The van der Waals surface area contributed by atoms with E-state index in [0.29, 0.717) is 17.0 Å². The minimum Gasteiger partial charge on any atom is -0.489 e. The number of amides is 1. The fourth-order valence-corrected chi connectivity index (χ4v) is 2.62. The first-order valence-corrected chi connectivity index (χ1v) is 8.05. The molecule has 0 radical (unpaired) electrons. The van der Waals surface area contributed by atoms with Crippen LogP contribution in [-0.4, -0.2) is 11.1 Å². The molecule has 1 amide bonds. The highest BCUT2D eigenvalue weighted by atomic mass is 16.5. The number of nitrogens with zero attached hydrogens (tertiary/aromatic N) is 1. The van der Waals surface area contributed by atoms with Crippen LogP contribution in [0, 0.1) is 20.8 Å². The van der Waals surface area contributed by atoms with Gasteiger partial charge in [0.1, 0.15) is 18.1 Å². The van der Waals surface area contributed by atoms with Gasteiger partial charge in [-0.05, 0) is 56.2 Å². The molecule has 0 atom stereocenters. The second-order valence-electron chi connectivity index (χ2n) is 6.00. The normalized spacial score (nSPS) is 10.5. The van der Waals surface area contributed by atoms with Crippen LogP contribution >= 0.6 is 0 Å². The van der Waals surface area contributed by atoms with Gasteiger partial charge in [-0.1, -0.05) is 29.4 Å². The Bertz CT molecular complexity index is 865. The van der Waals surface area contributed by atoms with E-state index in [0.717, 1.165) is 16.9 Å². The molecule has 5 heteroatoms. The summed E-state index contributed by atoms with van der Waals surface area (Å²) in [6, 6.07) is 15.2. The summed E-state index contributed by atoms with van der Waals surface area (Å²) < 4.78 is 11.1. The van der Waals surface area contributed by atoms with Crippen LogP contribution < -0.4 is 10.1 Å². The number of rotatable bonds is 5. The molecule has 1 N–H and O–H groups in total. The Morgan fingerprint density at radius 1 is 1.08 bits per heavy atom. The van der Waals surface area contributed by atoms with Crippen molar-refractivity contribution >= 4 is 11.6 Å². The van der Waals surface area contributed by atoms with Crippen LogP contribution in [0.4, 0.5) is 5.69 Å². The van der Waals surface area contributed by atoms with Crippen molar-refractivity contribution < 1.29 is 14.1 Å². The fraction of sp³-hybridized carbons (Fsp3) is 0.200. The molecular formula is C20H20N2O3. The van der Waals surface area contributed by atoms with E-state index in [1.807, 2.05) is 56.3 Å². The maximum Gasteiger partial charge on any atom is 0.278 e. The highest BCUT2D eigenvalue weighted by Crippen LogP contribution is 2.21. The van der Waals surface area contributed by atoms with E-state index in [2.05, 4.69) is 16.5 Å². The summed E-state index contributed by atoms with van der Waals surface area (Å²) in [7, 11) is 0. The lowest BCUT2D eigenvalue weighted by molar-refractivity contribution is 0.101. The van der Waals surface area contributed by atoms with Gasteiger partial charge in [0.05, 0.1) is 5.56 Å². The topological polar surface area (TPSA) is 64.4 Å². The molecule has 25 heavy (non-hydrogen) atoms. The van der Waals surface area contributed by atoms with Crippen molar-refractivity contribution in [3.63, 3.8) is 0 Å². The molecule has 0 spiro atoms. The molecule has 0 aliphatic rings. The predicted octanol–water partition coefficient (Wildman–Crippen LogP) is 4.43. The monoisotopic (exact) mass is 336 g/mol. The third-order valence-corrected chi connectivity index (χ3v) is 3.81. The van der Waals surface area contributed by atoms with Crippen molar-refractivity contribution in [1.82, 2.24) is 5.16 Å². The molecule has 0 fully saturated rings. The van der Waals surface area contributed by atoms with E-state index in [-0.39, 0.29) is 18.2 Å². The quantitative estimate of drug-likeness (QED) is 0.748. The predicted molar refractivity (Wildman–Crippen MR) is 95.9 cm³/mol. The van der Waals surface area contributed by atoms with Gasteiger partial charge in [-0.15, -0.1) is 0 Å². The maximum atomic E-state index is 12.5. The van der Waals surface area contributed by atoms with Crippen molar-refractivity contribution in [3.05, 3.63) is 76.7 Å². The van der Waals surface area contributed by atoms with E-state index in [4.69, 9.17) is 9.26 Å². The summed E-state index contributed by atoms with van der Waals surface area (Å²) in [6.45, 7) is 6.02. The second-order valence-corrected chi connectivity index (χ2v) is 6.00. The van der Waals surface area contributed by atoms with Crippen molar-refractivity contribution in [3.8, 4) is 5.75 Å². The largest absolute Gasteiger partial charge is 0.489 e. The van der Waals surface area contributed by atoms with Crippen LogP contribution in [0.25, 0.3) is 0 Å².